The number of hydrogen-bond donors (Lipinski definition) is 5. The van der Waals surface area contributed by atoms with Gasteiger partial charge in [0, 0.05) is 0 Å². The monoisotopic (exact) mass is 481 g/mol. The van der Waals surface area contributed by atoms with Gasteiger partial charge in [0.1, 0.15) is 36.0 Å². The van der Waals surface area contributed by atoms with Gasteiger partial charge in [-0.15, -0.1) is 10.2 Å². The number of halogens is 1. The zero-order valence-corrected chi connectivity index (χ0v) is 17.3. The summed E-state index contributed by atoms with van der Waals surface area (Å²) in [5.41, 5.74) is -1.40. The second-order valence-corrected chi connectivity index (χ2v) is 7.33. The van der Waals surface area contributed by atoms with Crippen LogP contribution in [0.15, 0.2) is 43.1 Å². The van der Waals surface area contributed by atoms with E-state index in [1.807, 2.05) is 4.98 Å². The van der Waals surface area contributed by atoms with Crippen LogP contribution in [0.2, 0.25) is 0 Å². The molecule has 0 bridgehead atoms. The summed E-state index contributed by atoms with van der Waals surface area (Å²) in [7, 11) is 0. The molecule has 0 aliphatic rings. The number of aromatic amines is 2. The molecule has 0 aromatic carbocycles. The van der Waals surface area contributed by atoms with E-state index >= 15 is 0 Å². The number of aromatic nitrogens is 7. The van der Waals surface area contributed by atoms with Gasteiger partial charge in [0.15, 0.2) is 0 Å². The molecule has 33 heavy (non-hydrogen) atoms. The molecule has 0 radical (unpaired) electrons. The van der Waals surface area contributed by atoms with Gasteiger partial charge >= 0.3 is 5.69 Å². The zero-order chi connectivity index (χ0) is 23.7. The first-order chi connectivity index (χ1) is 15.7. The van der Waals surface area contributed by atoms with Gasteiger partial charge in [-0.1, -0.05) is 5.21 Å². The van der Waals surface area contributed by atoms with Gasteiger partial charge in [-0.25, -0.2) is 14.6 Å². The lowest BCUT2D eigenvalue weighted by molar-refractivity contribution is -0.0739. The lowest BCUT2D eigenvalue weighted by Crippen LogP contribution is -2.35. The Morgan fingerprint density at radius 3 is 2.76 bits per heavy atom. The number of furan rings is 1. The van der Waals surface area contributed by atoms with Crippen molar-refractivity contribution < 1.29 is 28.5 Å². The molecule has 4 aromatic rings. The smallest absolute Gasteiger partial charge is 0.328 e. The molecule has 4 rings (SSSR count). The van der Waals surface area contributed by atoms with Crippen molar-refractivity contribution in [2.24, 2.45) is 0 Å². The average Bonchev–Trinajstić information content (AvgIpc) is 3.52. The third-order valence-corrected chi connectivity index (χ3v) is 4.75. The molecule has 3 atom stereocenters. The Balaban J connectivity index is 1.40. The largest absolute Gasteiger partial charge is 0.466 e. The molecular formula is C17H16FN7O7S. The van der Waals surface area contributed by atoms with Gasteiger partial charge < -0.3 is 24.2 Å². The zero-order valence-electron chi connectivity index (χ0n) is 16.5. The van der Waals surface area contributed by atoms with E-state index in [0.29, 0.717) is 5.56 Å². The third-order valence-electron chi connectivity index (χ3n) is 4.57. The van der Waals surface area contributed by atoms with Crippen LogP contribution in [0.25, 0.3) is 11.5 Å². The quantitative estimate of drug-likeness (QED) is 0.195. The Morgan fingerprint density at radius 2 is 2.03 bits per heavy atom. The minimum atomic E-state index is -1.67. The summed E-state index contributed by atoms with van der Waals surface area (Å²) < 4.78 is 25.8. The predicted molar refractivity (Wildman–Crippen MR) is 107 cm³/mol. The van der Waals surface area contributed by atoms with Crippen LogP contribution in [-0.2, 0) is 13.1 Å². The van der Waals surface area contributed by atoms with Crippen molar-refractivity contribution >= 4 is 12.2 Å². The van der Waals surface area contributed by atoms with Gasteiger partial charge in [0.2, 0.25) is 11.7 Å². The van der Waals surface area contributed by atoms with Crippen LogP contribution in [0.4, 0.5) is 4.39 Å². The summed E-state index contributed by atoms with van der Waals surface area (Å²) in [6.07, 6.45) is -1.45. The number of H-pyrrole nitrogens is 2. The van der Waals surface area contributed by atoms with Gasteiger partial charge in [-0.3, -0.25) is 14.3 Å². The van der Waals surface area contributed by atoms with E-state index in [1.165, 1.54) is 18.5 Å². The van der Waals surface area contributed by atoms with Crippen molar-refractivity contribution in [3.05, 3.63) is 67.7 Å². The van der Waals surface area contributed by atoms with Gasteiger partial charge in [0.05, 0.1) is 31.0 Å². The summed E-state index contributed by atoms with van der Waals surface area (Å²) in [5.74, 6) is -1.07. The standard InChI is InChI=1S/C17H16FN7O7S/c18-9-4-24(16(30)19-14(9)29)2-8-3-25(23-20-8)5-10(26)12(27)13(28)11-1-7(6-31-11)15-21-22-17(33)32-15/h1,3-4,6,10,12-13,26-28H,2,5H2,(H,22,33)(H,19,29,30)/t10-,12-,13-/m1/s1. The van der Waals surface area contributed by atoms with Crippen LogP contribution in [0.1, 0.15) is 17.6 Å². The fourth-order valence-corrected chi connectivity index (χ4v) is 3.05. The number of aliphatic hydroxyl groups is 3. The van der Waals surface area contributed by atoms with E-state index in [2.05, 4.69) is 20.5 Å². The van der Waals surface area contributed by atoms with Crippen molar-refractivity contribution in [1.82, 2.24) is 34.7 Å². The van der Waals surface area contributed by atoms with Crippen LogP contribution < -0.4 is 11.2 Å². The summed E-state index contributed by atoms with van der Waals surface area (Å²) in [6, 6.07) is 1.36. The molecule has 0 saturated heterocycles. The summed E-state index contributed by atoms with van der Waals surface area (Å²) in [5, 5.41) is 44.8. The molecule has 16 heteroatoms. The van der Waals surface area contributed by atoms with Crippen LogP contribution in [0.3, 0.4) is 0 Å². The molecule has 5 N–H and O–H groups in total. The Kier molecular flexibility index (Phi) is 6.14. The van der Waals surface area contributed by atoms with Gasteiger partial charge in [-0.2, -0.15) is 4.39 Å². The Labute approximate surface area is 186 Å². The maximum atomic E-state index is 13.4. The normalized spacial score (nSPS) is 14.3. The fourth-order valence-electron chi connectivity index (χ4n) is 2.93. The van der Waals surface area contributed by atoms with Crippen LogP contribution >= 0.6 is 12.2 Å². The Morgan fingerprint density at radius 1 is 1.24 bits per heavy atom. The molecule has 0 unspecified atom stereocenters. The lowest BCUT2D eigenvalue weighted by atomic mass is 10.1. The molecule has 0 fully saturated rings. The molecule has 0 aliphatic heterocycles. The van der Waals surface area contributed by atoms with Crippen LogP contribution in [-0.4, -0.2) is 62.3 Å². The molecular weight excluding hydrogens is 465 g/mol. The minimum Gasteiger partial charge on any atom is -0.466 e. The average molecular weight is 481 g/mol. The van der Waals surface area contributed by atoms with Crippen LogP contribution in [0, 0.1) is 10.7 Å². The van der Waals surface area contributed by atoms with E-state index in [0.717, 1.165) is 15.4 Å². The molecule has 0 spiro atoms. The first-order valence-electron chi connectivity index (χ1n) is 9.28. The first kappa shape index (κ1) is 22.5. The Hall–Kier alpha value is -3.73. The van der Waals surface area contributed by atoms with Crippen molar-refractivity contribution in [2.45, 2.75) is 31.4 Å². The highest BCUT2D eigenvalue weighted by molar-refractivity contribution is 7.71. The maximum Gasteiger partial charge on any atom is 0.328 e. The highest BCUT2D eigenvalue weighted by atomic mass is 32.1. The predicted octanol–water partition coefficient (Wildman–Crippen LogP) is -0.924. The molecule has 174 valence electrons. The maximum absolute atomic E-state index is 13.4. The molecule has 0 amide bonds. The van der Waals surface area contributed by atoms with E-state index in [4.69, 9.17) is 21.1 Å². The van der Waals surface area contributed by atoms with Crippen molar-refractivity contribution in [3.8, 4) is 11.5 Å². The Bertz CT molecular complexity index is 1430. The molecule has 14 nitrogen and oxygen atoms in total. The number of nitrogens with one attached hydrogen (secondary N) is 2. The molecule has 4 aromatic heterocycles. The van der Waals surface area contributed by atoms with E-state index in [9.17, 15) is 29.3 Å². The number of hydrogen-bond acceptors (Lipinski definition) is 11. The van der Waals surface area contributed by atoms with Crippen molar-refractivity contribution in [1.29, 1.82) is 0 Å². The van der Waals surface area contributed by atoms with E-state index in [-0.39, 0.29) is 35.3 Å². The highest BCUT2D eigenvalue weighted by Crippen LogP contribution is 2.27. The van der Waals surface area contributed by atoms with Crippen molar-refractivity contribution in [2.75, 3.05) is 0 Å². The topological polar surface area (TPSA) is 201 Å². The SMILES string of the molecule is O=c1[nH]c(=O)n(Cc2cn(C[C@@H](O)[C@@H](O)[C@H](O)c3cc(-c4n[nH]c(=S)o4)co3)nn2)cc1F. The second-order valence-electron chi connectivity index (χ2n) is 6.95. The highest BCUT2D eigenvalue weighted by Gasteiger charge is 2.29. The van der Waals surface area contributed by atoms with E-state index < -0.39 is 35.4 Å². The first-order valence-corrected chi connectivity index (χ1v) is 9.69. The van der Waals surface area contributed by atoms with Gasteiger partial charge in [0.25, 0.3) is 10.4 Å². The summed E-state index contributed by atoms with van der Waals surface area (Å²) >= 11 is 4.79. The summed E-state index contributed by atoms with van der Waals surface area (Å²) in [4.78, 5) is 24.7. The summed E-state index contributed by atoms with van der Waals surface area (Å²) in [6.45, 7) is -0.477. The van der Waals surface area contributed by atoms with Gasteiger partial charge in [-0.05, 0) is 18.3 Å². The molecule has 0 saturated carbocycles. The minimum absolute atomic E-state index is 0.0477. The molecule has 0 aliphatic carbocycles. The van der Waals surface area contributed by atoms with Crippen LogP contribution in [0.5, 0.6) is 0 Å². The fraction of sp³-hybridized carbons (Fsp3) is 0.294. The van der Waals surface area contributed by atoms with Crippen molar-refractivity contribution in [3.63, 3.8) is 0 Å². The number of nitrogens with zero attached hydrogens (tertiary/aromatic N) is 5. The third kappa shape index (κ3) is 4.87. The van der Waals surface area contributed by atoms with E-state index in [1.54, 1.807) is 0 Å². The lowest BCUT2D eigenvalue weighted by Gasteiger charge is -2.21. The number of rotatable bonds is 8. The molecule has 4 heterocycles. The second kappa shape index (κ2) is 9.02. The number of aliphatic hydroxyl groups excluding tert-OH is 3.